The van der Waals surface area contributed by atoms with Gasteiger partial charge in [0.2, 0.25) is 5.91 Å². The van der Waals surface area contributed by atoms with Gasteiger partial charge in [0.05, 0.1) is 12.2 Å². The predicted octanol–water partition coefficient (Wildman–Crippen LogP) is 0.827. The van der Waals surface area contributed by atoms with Gasteiger partial charge >= 0.3 is 0 Å². The maximum Gasteiger partial charge on any atom is 0.216 e. The van der Waals surface area contributed by atoms with E-state index in [1.807, 2.05) is 0 Å². The lowest BCUT2D eigenvalue weighted by Crippen LogP contribution is -2.27. The molecule has 7 heteroatoms. The van der Waals surface area contributed by atoms with Crippen molar-refractivity contribution in [2.45, 2.75) is 6.92 Å². The van der Waals surface area contributed by atoms with E-state index in [0.29, 0.717) is 6.54 Å². The summed E-state index contributed by atoms with van der Waals surface area (Å²) in [5, 5.41) is 4.96. The van der Waals surface area contributed by atoms with Crippen molar-refractivity contribution in [1.82, 2.24) is 5.32 Å². The fraction of sp³-hybridized carbons (Fsp3) is 0.273. The van der Waals surface area contributed by atoms with Crippen LogP contribution in [0.4, 0.5) is 14.5 Å². The average Bonchev–Trinajstić information content (AvgIpc) is 2.29. The van der Waals surface area contributed by atoms with Gasteiger partial charge in [0, 0.05) is 19.5 Å². The maximum absolute atomic E-state index is 13.2. The van der Waals surface area contributed by atoms with Gasteiger partial charge in [-0.15, -0.1) is 0 Å². The monoisotopic (exact) mass is 256 g/mol. The second-order valence-electron chi connectivity index (χ2n) is 3.50. The second kappa shape index (κ2) is 6.53. The van der Waals surface area contributed by atoms with Gasteiger partial charge in [0.15, 0.2) is 5.96 Å². The highest BCUT2D eigenvalue weighted by molar-refractivity contribution is 5.92. The van der Waals surface area contributed by atoms with Gasteiger partial charge < -0.3 is 16.4 Å². The quantitative estimate of drug-likeness (QED) is 0.424. The van der Waals surface area contributed by atoms with Crippen molar-refractivity contribution >= 4 is 17.6 Å². The number of carbonyl (C=O) groups is 1. The van der Waals surface area contributed by atoms with Gasteiger partial charge in [-0.25, -0.2) is 8.78 Å². The van der Waals surface area contributed by atoms with Gasteiger partial charge in [-0.3, -0.25) is 9.79 Å². The van der Waals surface area contributed by atoms with Gasteiger partial charge in [0.1, 0.15) is 11.6 Å². The maximum atomic E-state index is 13.2. The number of benzene rings is 1. The standard InChI is InChI=1S/C11H14F2N4O/c1-7(18)15-4-5-16-11(14)17-10-6-8(12)2-3-9(10)13/h2-3,6H,4-5H2,1H3,(H,15,18)(H3,14,16,17). The second-order valence-corrected chi connectivity index (χ2v) is 3.50. The molecule has 0 aliphatic carbocycles. The van der Waals surface area contributed by atoms with Gasteiger partial charge in [-0.2, -0.15) is 0 Å². The fourth-order valence-corrected chi connectivity index (χ4v) is 1.18. The highest BCUT2D eigenvalue weighted by Crippen LogP contribution is 2.14. The number of halogens is 2. The fourth-order valence-electron chi connectivity index (χ4n) is 1.18. The highest BCUT2D eigenvalue weighted by atomic mass is 19.1. The number of guanidine groups is 1. The average molecular weight is 256 g/mol. The molecule has 0 fully saturated rings. The summed E-state index contributed by atoms with van der Waals surface area (Å²) in [6, 6.07) is 2.97. The van der Waals surface area contributed by atoms with Crippen LogP contribution in [0.1, 0.15) is 6.92 Å². The van der Waals surface area contributed by atoms with Gasteiger partial charge in [-0.1, -0.05) is 0 Å². The Hall–Kier alpha value is -2.18. The van der Waals surface area contributed by atoms with Crippen LogP contribution >= 0.6 is 0 Å². The first-order chi connectivity index (χ1) is 8.49. The number of anilines is 1. The van der Waals surface area contributed by atoms with E-state index in [9.17, 15) is 13.6 Å². The zero-order chi connectivity index (χ0) is 13.5. The highest BCUT2D eigenvalue weighted by Gasteiger charge is 2.04. The Kier molecular flexibility index (Phi) is 5.04. The molecule has 18 heavy (non-hydrogen) atoms. The first-order valence-electron chi connectivity index (χ1n) is 5.25. The minimum atomic E-state index is -0.628. The number of nitrogens with two attached hydrogens (primary N) is 1. The Bertz CT molecular complexity index is 462. The number of amides is 1. The van der Waals surface area contributed by atoms with E-state index < -0.39 is 11.6 Å². The molecule has 0 aromatic heterocycles. The number of carbonyl (C=O) groups excluding carboxylic acids is 1. The normalized spacial score (nSPS) is 11.2. The summed E-state index contributed by atoms with van der Waals surface area (Å²) in [4.78, 5) is 14.4. The molecular weight excluding hydrogens is 242 g/mol. The molecule has 1 aromatic rings. The summed E-state index contributed by atoms with van der Waals surface area (Å²) < 4.78 is 26.1. The SMILES string of the molecule is CC(=O)NCCN=C(N)Nc1cc(F)ccc1F. The van der Waals surface area contributed by atoms with Crippen LogP contribution in [-0.4, -0.2) is 25.0 Å². The molecule has 0 heterocycles. The van der Waals surface area contributed by atoms with Crippen molar-refractivity contribution in [3.8, 4) is 0 Å². The number of nitrogens with zero attached hydrogens (tertiary/aromatic N) is 1. The summed E-state index contributed by atoms with van der Waals surface area (Å²) in [5.74, 6) is -1.43. The van der Waals surface area contributed by atoms with E-state index in [1.165, 1.54) is 6.92 Å². The van der Waals surface area contributed by atoms with Crippen LogP contribution in [0.2, 0.25) is 0 Å². The number of hydrogen-bond acceptors (Lipinski definition) is 2. The minimum absolute atomic E-state index is 0.0511. The zero-order valence-corrected chi connectivity index (χ0v) is 9.84. The number of aliphatic imine (C=N–C) groups is 1. The van der Waals surface area contributed by atoms with Crippen LogP contribution in [-0.2, 0) is 4.79 Å². The predicted molar refractivity (Wildman–Crippen MR) is 65.2 cm³/mol. The molecule has 1 aromatic carbocycles. The molecule has 0 saturated heterocycles. The first kappa shape index (κ1) is 13.9. The molecule has 1 rings (SSSR count). The lowest BCUT2D eigenvalue weighted by atomic mass is 10.3. The lowest BCUT2D eigenvalue weighted by molar-refractivity contribution is -0.118. The van der Waals surface area contributed by atoms with Crippen molar-refractivity contribution in [3.05, 3.63) is 29.8 Å². The van der Waals surface area contributed by atoms with Crippen LogP contribution in [0, 0.1) is 11.6 Å². The largest absolute Gasteiger partial charge is 0.370 e. The number of rotatable bonds is 4. The first-order valence-corrected chi connectivity index (χ1v) is 5.25. The third-order valence-corrected chi connectivity index (χ3v) is 1.96. The summed E-state index contributed by atoms with van der Waals surface area (Å²) in [7, 11) is 0. The molecule has 0 saturated carbocycles. The van der Waals surface area contributed by atoms with Crippen LogP contribution in [0.5, 0.6) is 0 Å². The van der Waals surface area contributed by atoms with Gasteiger partial charge in [0.25, 0.3) is 0 Å². The molecule has 0 aliphatic heterocycles. The molecule has 5 nitrogen and oxygen atoms in total. The molecule has 0 radical (unpaired) electrons. The molecular formula is C11H14F2N4O. The van der Waals surface area contributed by atoms with Crippen molar-refractivity contribution in [3.63, 3.8) is 0 Å². The minimum Gasteiger partial charge on any atom is -0.370 e. The van der Waals surface area contributed by atoms with E-state index in [2.05, 4.69) is 15.6 Å². The molecule has 0 atom stereocenters. The Morgan fingerprint density at radius 1 is 1.44 bits per heavy atom. The third kappa shape index (κ3) is 4.77. The van der Waals surface area contributed by atoms with Crippen molar-refractivity contribution < 1.29 is 13.6 Å². The van der Waals surface area contributed by atoms with E-state index >= 15 is 0 Å². The van der Waals surface area contributed by atoms with Crippen molar-refractivity contribution in [1.29, 1.82) is 0 Å². The Morgan fingerprint density at radius 3 is 2.83 bits per heavy atom. The Labute approximate surface area is 103 Å². The molecule has 0 unspecified atom stereocenters. The van der Waals surface area contributed by atoms with Crippen LogP contribution in [0.25, 0.3) is 0 Å². The van der Waals surface area contributed by atoms with E-state index in [-0.39, 0.29) is 24.1 Å². The smallest absolute Gasteiger partial charge is 0.216 e. The van der Waals surface area contributed by atoms with E-state index in [1.54, 1.807) is 0 Å². The molecule has 4 N–H and O–H groups in total. The summed E-state index contributed by atoms with van der Waals surface area (Å²) >= 11 is 0. The Morgan fingerprint density at radius 2 is 2.17 bits per heavy atom. The van der Waals surface area contributed by atoms with E-state index in [4.69, 9.17) is 5.73 Å². The van der Waals surface area contributed by atoms with Gasteiger partial charge in [-0.05, 0) is 12.1 Å². The summed E-state index contributed by atoms with van der Waals surface area (Å²) in [6.07, 6.45) is 0. The number of nitrogens with one attached hydrogen (secondary N) is 2. The molecule has 0 aliphatic rings. The van der Waals surface area contributed by atoms with Crippen molar-refractivity contribution in [2.24, 2.45) is 10.7 Å². The number of hydrogen-bond donors (Lipinski definition) is 3. The zero-order valence-electron chi connectivity index (χ0n) is 9.84. The summed E-state index contributed by atoms with van der Waals surface area (Å²) in [5.41, 5.74) is 5.39. The molecule has 0 spiro atoms. The third-order valence-electron chi connectivity index (χ3n) is 1.96. The molecule has 0 bridgehead atoms. The topological polar surface area (TPSA) is 79.5 Å². The van der Waals surface area contributed by atoms with Crippen molar-refractivity contribution in [2.75, 3.05) is 18.4 Å². The van der Waals surface area contributed by atoms with E-state index in [0.717, 1.165) is 18.2 Å². The Balaban J connectivity index is 2.53. The summed E-state index contributed by atoms with van der Waals surface area (Å²) in [6.45, 7) is 1.95. The van der Waals surface area contributed by atoms with Crippen LogP contribution in [0.15, 0.2) is 23.2 Å². The lowest BCUT2D eigenvalue weighted by Gasteiger charge is -2.07. The molecule has 98 valence electrons. The van der Waals surface area contributed by atoms with Crippen LogP contribution in [0.3, 0.4) is 0 Å². The van der Waals surface area contributed by atoms with Crippen LogP contribution < -0.4 is 16.4 Å². The molecule has 1 amide bonds.